The highest BCUT2D eigenvalue weighted by Crippen LogP contribution is 2.41. The van der Waals surface area contributed by atoms with Crippen molar-refractivity contribution in [2.45, 2.75) is 26.3 Å². The summed E-state index contributed by atoms with van der Waals surface area (Å²) in [6.07, 6.45) is 0.632. The molecular weight excluding hydrogens is 422 g/mol. The molecule has 1 atom stereocenters. The van der Waals surface area contributed by atoms with E-state index in [9.17, 15) is 9.59 Å². The van der Waals surface area contributed by atoms with Crippen molar-refractivity contribution in [3.63, 3.8) is 0 Å². The number of benzene rings is 2. The largest absolute Gasteiger partial charge is 0.493 e. The highest BCUT2D eigenvalue weighted by molar-refractivity contribution is 5.99. The van der Waals surface area contributed by atoms with Crippen molar-refractivity contribution in [3.8, 4) is 11.5 Å². The minimum absolute atomic E-state index is 0.0974. The van der Waals surface area contributed by atoms with Gasteiger partial charge >= 0.3 is 0 Å². The number of para-hydroxylation sites is 1. The van der Waals surface area contributed by atoms with Crippen molar-refractivity contribution in [1.29, 1.82) is 0 Å². The molecule has 4 rings (SSSR count). The number of rotatable bonds is 9. The molecule has 1 aromatic heterocycles. The van der Waals surface area contributed by atoms with Gasteiger partial charge in [0.25, 0.3) is 5.91 Å². The van der Waals surface area contributed by atoms with Crippen molar-refractivity contribution >= 4 is 16.9 Å². The second kappa shape index (κ2) is 9.67. The number of fused-ring (bicyclic) bond motifs is 2. The Labute approximate surface area is 192 Å². The molecule has 7 heteroatoms. The summed E-state index contributed by atoms with van der Waals surface area (Å²) in [5, 5.41) is 0.455. The number of nitrogens with zero attached hydrogens (tertiary/aromatic N) is 1. The molecule has 1 aliphatic rings. The highest BCUT2D eigenvalue weighted by Gasteiger charge is 2.42. The van der Waals surface area contributed by atoms with E-state index >= 15 is 0 Å². The van der Waals surface area contributed by atoms with E-state index in [4.69, 9.17) is 18.6 Å². The van der Waals surface area contributed by atoms with Gasteiger partial charge in [-0.15, -0.1) is 0 Å². The average Bonchev–Trinajstić information content (AvgIpc) is 3.09. The van der Waals surface area contributed by atoms with E-state index in [-0.39, 0.29) is 17.1 Å². The van der Waals surface area contributed by atoms with Crippen molar-refractivity contribution in [1.82, 2.24) is 4.90 Å². The van der Waals surface area contributed by atoms with Gasteiger partial charge in [-0.1, -0.05) is 32.0 Å². The van der Waals surface area contributed by atoms with Crippen molar-refractivity contribution in [3.05, 3.63) is 69.6 Å². The third kappa shape index (κ3) is 4.33. The Bertz CT molecular complexity index is 1220. The standard InChI is InChI=1S/C26H29NO6/c1-16(2)15-32-20-11-10-17(14-21(20)31-4)23-22-24(28)18-8-5-6-9-19(18)33-25(22)26(29)27(23)12-7-13-30-3/h5-6,8-11,14,16,23H,7,12-13,15H2,1-4H3/t23-/m0/s1. The molecule has 3 aromatic rings. The summed E-state index contributed by atoms with van der Waals surface area (Å²) in [5.41, 5.74) is 1.32. The Morgan fingerprint density at radius 2 is 1.85 bits per heavy atom. The first-order valence-corrected chi connectivity index (χ1v) is 11.1. The van der Waals surface area contributed by atoms with E-state index < -0.39 is 6.04 Å². The number of hydrogen-bond acceptors (Lipinski definition) is 6. The van der Waals surface area contributed by atoms with Crippen molar-refractivity contribution in [2.75, 3.05) is 34.0 Å². The molecule has 0 saturated heterocycles. The SMILES string of the molecule is COCCCN1C(=O)c2oc3ccccc3c(=O)c2[C@@H]1c1ccc(OCC(C)C)c(OC)c1. The van der Waals surface area contributed by atoms with E-state index in [0.29, 0.717) is 60.1 Å². The predicted octanol–water partition coefficient (Wildman–Crippen LogP) is 4.42. The monoisotopic (exact) mass is 451 g/mol. The Hall–Kier alpha value is -3.32. The van der Waals surface area contributed by atoms with Gasteiger partial charge in [-0.2, -0.15) is 0 Å². The first-order valence-electron chi connectivity index (χ1n) is 11.1. The molecule has 0 N–H and O–H groups in total. The minimum Gasteiger partial charge on any atom is -0.493 e. The quantitative estimate of drug-likeness (QED) is 0.448. The summed E-state index contributed by atoms with van der Waals surface area (Å²) >= 11 is 0. The molecule has 174 valence electrons. The fourth-order valence-corrected chi connectivity index (χ4v) is 4.15. The normalized spacial score (nSPS) is 15.4. The van der Waals surface area contributed by atoms with Gasteiger partial charge in [-0.05, 0) is 42.2 Å². The molecule has 0 unspecified atom stereocenters. The summed E-state index contributed by atoms with van der Waals surface area (Å²) in [6, 6.07) is 12.0. The lowest BCUT2D eigenvalue weighted by Crippen LogP contribution is -2.31. The maximum atomic E-state index is 13.5. The Kier molecular flexibility index (Phi) is 6.70. The molecule has 0 bridgehead atoms. The van der Waals surface area contributed by atoms with Crippen LogP contribution in [-0.2, 0) is 4.74 Å². The number of hydrogen-bond donors (Lipinski definition) is 0. The summed E-state index contributed by atoms with van der Waals surface area (Å²) < 4.78 is 22.6. The van der Waals surface area contributed by atoms with Crippen LogP contribution in [0.25, 0.3) is 11.0 Å². The second-order valence-corrected chi connectivity index (χ2v) is 8.53. The lowest BCUT2D eigenvalue weighted by Gasteiger charge is -2.25. The summed E-state index contributed by atoms with van der Waals surface area (Å²) in [7, 11) is 3.20. The van der Waals surface area contributed by atoms with Crippen LogP contribution in [0.5, 0.6) is 11.5 Å². The van der Waals surface area contributed by atoms with Crippen LogP contribution >= 0.6 is 0 Å². The Morgan fingerprint density at radius 1 is 1.06 bits per heavy atom. The molecule has 0 fully saturated rings. The van der Waals surface area contributed by atoms with Gasteiger partial charge in [-0.3, -0.25) is 9.59 Å². The molecule has 0 saturated carbocycles. The van der Waals surface area contributed by atoms with Crippen LogP contribution in [-0.4, -0.2) is 44.8 Å². The van der Waals surface area contributed by atoms with Crippen LogP contribution in [0.2, 0.25) is 0 Å². The average molecular weight is 452 g/mol. The van der Waals surface area contributed by atoms with Crippen LogP contribution in [0.15, 0.2) is 51.7 Å². The topological polar surface area (TPSA) is 78.2 Å². The van der Waals surface area contributed by atoms with Crippen LogP contribution < -0.4 is 14.9 Å². The second-order valence-electron chi connectivity index (χ2n) is 8.53. The fraction of sp³-hybridized carbons (Fsp3) is 0.385. The molecule has 0 radical (unpaired) electrons. The first-order chi connectivity index (χ1) is 16.0. The zero-order valence-electron chi connectivity index (χ0n) is 19.4. The summed E-state index contributed by atoms with van der Waals surface area (Å²) in [6.45, 7) is 5.62. The van der Waals surface area contributed by atoms with Gasteiger partial charge in [0.2, 0.25) is 5.76 Å². The van der Waals surface area contributed by atoms with Crippen molar-refractivity contribution in [2.24, 2.45) is 5.92 Å². The highest BCUT2D eigenvalue weighted by atomic mass is 16.5. The molecular formula is C26H29NO6. The number of carbonyl (C=O) groups is 1. The van der Waals surface area contributed by atoms with E-state index in [1.54, 1.807) is 43.4 Å². The van der Waals surface area contributed by atoms with Gasteiger partial charge in [-0.25, -0.2) is 0 Å². The molecule has 0 aliphatic carbocycles. The molecule has 0 spiro atoms. The number of methoxy groups -OCH3 is 2. The van der Waals surface area contributed by atoms with Gasteiger partial charge < -0.3 is 23.5 Å². The smallest absolute Gasteiger partial charge is 0.290 e. The molecule has 33 heavy (non-hydrogen) atoms. The molecule has 1 amide bonds. The lowest BCUT2D eigenvalue weighted by atomic mass is 9.98. The Morgan fingerprint density at radius 3 is 2.58 bits per heavy atom. The maximum absolute atomic E-state index is 13.5. The van der Waals surface area contributed by atoms with E-state index in [0.717, 1.165) is 5.56 Å². The van der Waals surface area contributed by atoms with Crippen LogP contribution in [0, 0.1) is 5.92 Å². The number of ether oxygens (including phenoxy) is 3. The zero-order chi connectivity index (χ0) is 23.5. The molecule has 1 aliphatic heterocycles. The molecule has 2 aromatic carbocycles. The summed E-state index contributed by atoms with van der Waals surface area (Å²) in [4.78, 5) is 28.5. The fourth-order valence-electron chi connectivity index (χ4n) is 4.15. The van der Waals surface area contributed by atoms with Gasteiger partial charge in [0.05, 0.1) is 30.7 Å². The lowest BCUT2D eigenvalue weighted by molar-refractivity contribution is 0.0707. The third-order valence-corrected chi connectivity index (χ3v) is 5.70. The van der Waals surface area contributed by atoms with Gasteiger partial charge in [0.1, 0.15) is 5.58 Å². The summed E-state index contributed by atoms with van der Waals surface area (Å²) in [5.74, 6) is 1.34. The maximum Gasteiger partial charge on any atom is 0.290 e. The molecule has 2 heterocycles. The molecule has 7 nitrogen and oxygen atoms in total. The van der Waals surface area contributed by atoms with E-state index in [1.165, 1.54) is 0 Å². The Balaban J connectivity index is 1.83. The zero-order valence-corrected chi connectivity index (χ0v) is 19.4. The van der Waals surface area contributed by atoms with Gasteiger partial charge in [0, 0.05) is 20.3 Å². The van der Waals surface area contributed by atoms with Crippen LogP contribution in [0.1, 0.15) is 48.0 Å². The van der Waals surface area contributed by atoms with E-state index in [1.807, 2.05) is 18.2 Å². The first kappa shape index (κ1) is 22.9. The van der Waals surface area contributed by atoms with Crippen LogP contribution in [0.4, 0.5) is 0 Å². The van der Waals surface area contributed by atoms with Crippen LogP contribution in [0.3, 0.4) is 0 Å². The van der Waals surface area contributed by atoms with Crippen molar-refractivity contribution < 1.29 is 23.4 Å². The third-order valence-electron chi connectivity index (χ3n) is 5.70. The van der Waals surface area contributed by atoms with E-state index in [2.05, 4.69) is 13.8 Å². The number of carbonyl (C=O) groups excluding carboxylic acids is 1. The predicted molar refractivity (Wildman–Crippen MR) is 125 cm³/mol. The minimum atomic E-state index is -0.585. The van der Waals surface area contributed by atoms with Gasteiger partial charge in [0.15, 0.2) is 16.9 Å². The number of amides is 1.